The topological polar surface area (TPSA) is 55.1 Å². The molecule has 1 aromatic rings. The van der Waals surface area contributed by atoms with Crippen molar-refractivity contribution in [3.05, 3.63) is 34.9 Å². The zero-order valence-corrected chi connectivity index (χ0v) is 12.7. The Bertz CT molecular complexity index is 445. The number of amides is 1. The number of hydrogen-bond acceptors (Lipinski definition) is 2. The van der Waals surface area contributed by atoms with Gasteiger partial charge >= 0.3 is 0 Å². The number of hydrogen-bond donors (Lipinski definition) is 2. The minimum Gasteiger partial charge on any atom is -0.352 e. The van der Waals surface area contributed by atoms with Gasteiger partial charge in [0.1, 0.15) is 0 Å². The van der Waals surface area contributed by atoms with Gasteiger partial charge in [0.15, 0.2) is 0 Å². The van der Waals surface area contributed by atoms with E-state index >= 15 is 0 Å². The van der Waals surface area contributed by atoms with Gasteiger partial charge < -0.3 is 11.1 Å². The van der Waals surface area contributed by atoms with Gasteiger partial charge in [0.05, 0.1) is 0 Å². The maximum absolute atomic E-state index is 11.8. The number of nitrogens with two attached hydrogens (primary N) is 1. The third-order valence-electron chi connectivity index (χ3n) is 3.13. The Morgan fingerprint density at radius 3 is 2.53 bits per heavy atom. The van der Waals surface area contributed by atoms with Gasteiger partial charge in [-0.15, -0.1) is 0 Å². The Labute approximate surface area is 116 Å². The first-order valence-corrected chi connectivity index (χ1v) is 6.84. The molecule has 3 heteroatoms. The van der Waals surface area contributed by atoms with Gasteiger partial charge in [0.2, 0.25) is 5.91 Å². The van der Waals surface area contributed by atoms with Crippen molar-refractivity contribution in [3.8, 4) is 0 Å². The standard InChI is InChI=1S/C16H26N2O/c1-11(2)13-7-6-12(3)14(8-13)10-18-15(19)9-16(4,5)17/h6-8,11H,9-10,17H2,1-5H3,(H,18,19). The van der Waals surface area contributed by atoms with Crippen LogP contribution in [0.2, 0.25) is 0 Å². The molecule has 3 N–H and O–H groups in total. The summed E-state index contributed by atoms with van der Waals surface area (Å²) in [6.45, 7) is 10.7. The lowest BCUT2D eigenvalue weighted by atomic mass is 9.97. The van der Waals surface area contributed by atoms with Crippen molar-refractivity contribution in [1.82, 2.24) is 5.32 Å². The van der Waals surface area contributed by atoms with Crippen LogP contribution in [0.4, 0.5) is 0 Å². The molecule has 0 saturated heterocycles. The molecule has 3 nitrogen and oxygen atoms in total. The first-order chi connectivity index (χ1) is 8.69. The van der Waals surface area contributed by atoms with Crippen LogP contribution in [0.1, 0.15) is 56.7 Å². The van der Waals surface area contributed by atoms with Crippen LogP contribution in [-0.4, -0.2) is 11.4 Å². The molecule has 19 heavy (non-hydrogen) atoms. The normalized spacial score (nSPS) is 11.7. The maximum atomic E-state index is 11.8. The molecule has 106 valence electrons. The predicted molar refractivity (Wildman–Crippen MR) is 80.0 cm³/mol. The van der Waals surface area contributed by atoms with Crippen molar-refractivity contribution in [2.75, 3.05) is 0 Å². The van der Waals surface area contributed by atoms with Gasteiger partial charge in [-0.2, -0.15) is 0 Å². The molecule has 0 fully saturated rings. The summed E-state index contributed by atoms with van der Waals surface area (Å²) in [4.78, 5) is 11.8. The van der Waals surface area contributed by atoms with Crippen LogP contribution in [0.25, 0.3) is 0 Å². The smallest absolute Gasteiger partial charge is 0.222 e. The van der Waals surface area contributed by atoms with E-state index in [-0.39, 0.29) is 5.91 Å². The largest absolute Gasteiger partial charge is 0.352 e. The second kappa shape index (κ2) is 6.20. The minimum atomic E-state index is -0.459. The summed E-state index contributed by atoms with van der Waals surface area (Å²) in [5, 5.41) is 2.94. The van der Waals surface area contributed by atoms with E-state index in [1.807, 2.05) is 13.8 Å². The van der Waals surface area contributed by atoms with Gasteiger partial charge in [-0.1, -0.05) is 32.0 Å². The predicted octanol–water partition coefficient (Wildman–Crippen LogP) is 2.86. The molecule has 0 aromatic heterocycles. The summed E-state index contributed by atoms with van der Waals surface area (Å²) in [7, 11) is 0. The summed E-state index contributed by atoms with van der Waals surface area (Å²) in [5.74, 6) is 0.500. The summed E-state index contributed by atoms with van der Waals surface area (Å²) in [6.07, 6.45) is 0.343. The number of carbonyl (C=O) groups excluding carboxylic acids is 1. The first kappa shape index (κ1) is 15.7. The molecule has 0 aliphatic heterocycles. The monoisotopic (exact) mass is 262 g/mol. The lowest BCUT2D eigenvalue weighted by Crippen LogP contribution is -2.38. The average molecular weight is 262 g/mol. The highest BCUT2D eigenvalue weighted by atomic mass is 16.1. The Hall–Kier alpha value is -1.35. The first-order valence-electron chi connectivity index (χ1n) is 6.84. The Morgan fingerprint density at radius 2 is 2.00 bits per heavy atom. The fourth-order valence-electron chi connectivity index (χ4n) is 1.91. The Balaban J connectivity index is 2.67. The molecule has 0 aliphatic rings. The van der Waals surface area contributed by atoms with Crippen LogP contribution < -0.4 is 11.1 Å². The molecule has 0 aliphatic carbocycles. The van der Waals surface area contributed by atoms with Crippen molar-refractivity contribution < 1.29 is 4.79 Å². The van der Waals surface area contributed by atoms with Gasteiger partial charge in [0, 0.05) is 18.5 Å². The van der Waals surface area contributed by atoms with Gasteiger partial charge in [0.25, 0.3) is 0 Å². The van der Waals surface area contributed by atoms with Gasteiger partial charge in [-0.3, -0.25) is 4.79 Å². The van der Waals surface area contributed by atoms with E-state index in [1.54, 1.807) is 0 Å². The third-order valence-corrected chi connectivity index (χ3v) is 3.13. The van der Waals surface area contributed by atoms with Crippen molar-refractivity contribution in [2.45, 2.75) is 59.0 Å². The van der Waals surface area contributed by atoms with E-state index in [0.717, 1.165) is 0 Å². The van der Waals surface area contributed by atoms with E-state index < -0.39 is 5.54 Å². The maximum Gasteiger partial charge on any atom is 0.222 e. The second-order valence-electron chi connectivity index (χ2n) is 6.28. The fraction of sp³-hybridized carbons (Fsp3) is 0.562. The number of rotatable bonds is 5. The molecular weight excluding hydrogens is 236 g/mol. The SMILES string of the molecule is Cc1ccc(C(C)C)cc1CNC(=O)CC(C)(C)N. The molecule has 0 atom stereocenters. The highest BCUT2D eigenvalue weighted by Gasteiger charge is 2.16. The Morgan fingerprint density at radius 1 is 1.37 bits per heavy atom. The minimum absolute atomic E-state index is 0.00171. The summed E-state index contributed by atoms with van der Waals surface area (Å²) in [6, 6.07) is 6.44. The van der Waals surface area contributed by atoms with E-state index in [1.165, 1.54) is 16.7 Å². The van der Waals surface area contributed by atoms with Gasteiger partial charge in [-0.05, 0) is 43.4 Å². The Kier molecular flexibility index (Phi) is 5.12. The zero-order chi connectivity index (χ0) is 14.6. The molecule has 0 unspecified atom stereocenters. The van der Waals surface area contributed by atoms with Crippen LogP contribution >= 0.6 is 0 Å². The number of benzene rings is 1. The van der Waals surface area contributed by atoms with Crippen molar-refractivity contribution in [2.24, 2.45) is 5.73 Å². The van der Waals surface area contributed by atoms with E-state index in [4.69, 9.17) is 5.73 Å². The van der Waals surface area contributed by atoms with Crippen LogP contribution in [-0.2, 0) is 11.3 Å². The van der Waals surface area contributed by atoms with E-state index in [0.29, 0.717) is 18.9 Å². The average Bonchev–Trinajstić information content (AvgIpc) is 2.25. The van der Waals surface area contributed by atoms with Crippen molar-refractivity contribution in [1.29, 1.82) is 0 Å². The molecule has 0 spiro atoms. The number of aryl methyl sites for hydroxylation is 1. The molecule has 0 radical (unpaired) electrons. The second-order valence-corrected chi connectivity index (χ2v) is 6.28. The molecule has 1 aromatic carbocycles. The van der Waals surface area contributed by atoms with Crippen LogP contribution in [0, 0.1) is 6.92 Å². The molecule has 0 saturated carbocycles. The van der Waals surface area contributed by atoms with E-state index in [2.05, 4.69) is 44.3 Å². The molecular formula is C16H26N2O. The molecule has 1 rings (SSSR count). The highest BCUT2D eigenvalue weighted by Crippen LogP contribution is 2.18. The van der Waals surface area contributed by atoms with Crippen molar-refractivity contribution in [3.63, 3.8) is 0 Å². The molecule has 0 bridgehead atoms. The summed E-state index contributed by atoms with van der Waals surface area (Å²) >= 11 is 0. The summed E-state index contributed by atoms with van der Waals surface area (Å²) in [5.41, 5.74) is 9.06. The lowest BCUT2D eigenvalue weighted by molar-refractivity contribution is -0.122. The number of nitrogens with one attached hydrogen (secondary N) is 1. The lowest BCUT2D eigenvalue weighted by Gasteiger charge is -2.18. The fourth-order valence-corrected chi connectivity index (χ4v) is 1.91. The number of carbonyl (C=O) groups is 1. The van der Waals surface area contributed by atoms with Crippen LogP contribution in [0.3, 0.4) is 0 Å². The van der Waals surface area contributed by atoms with Crippen molar-refractivity contribution >= 4 is 5.91 Å². The third kappa shape index (κ3) is 5.43. The van der Waals surface area contributed by atoms with E-state index in [9.17, 15) is 4.79 Å². The van der Waals surface area contributed by atoms with Gasteiger partial charge in [-0.25, -0.2) is 0 Å². The molecule has 1 amide bonds. The summed E-state index contributed by atoms with van der Waals surface area (Å²) < 4.78 is 0. The quantitative estimate of drug-likeness (QED) is 0.857. The highest BCUT2D eigenvalue weighted by molar-refractivity contribution is 5.77. The zero-order valence-electron chi connectivity index (χ0n) is 12.7. The van der Waals surface area contributed by atoms with Crippen LogP contribution in [0.15, 0.2) is 18.2 Å². The van der Waals surface area contributed by atoms with Crippen LogP contribution in [0.5, 0.6) is 0 Å². The molecule has 0 heterocycles.